The Balaban J connectivity index is 0.988. The number of furan rings is 3. The molecule has 0 bridgehead atoms. The average molecular weight is 836 g/mol. The van der Waals surface area contributed by atoms with Crippen molar-refractivity contribution in [2.75, 3.05) is 0 Å². The molecule has 8 aromatic carbocycles. The van der Waals surface area contributed by atoms with Crippen LogP contribution in [0.25, 0.3) is 133 Å². The third-order valence-electron chi connectivity index (χ3n) is 13.3. The Morgan fingerprint density at radius 1 is 0.492 bits per heavy atom. The van der Waals surface area contributed by atoms with Gasteiger partial charge in [0.25, 0.3) is 0 Å². The molecule has 5 aromatic heterocycles. The Bertz CT molecular complexity index is 4180. The van der Waals surface area contributed by atoms with Crippen molar-refractivity contribution in [2.45, 2.75) is 13.3 Å². The van der Waals surface area contributed by atoms with E-state index in [0.717, 1.165) is 100 Å². The van der Waals surface area contributed by atoms with Gasteiger partial charge in [0, 0.05) is 54.5 Å². The van der Waals surface area contributed by atoms with Crippen molar-refractivity contribution in [3.63, 3.8) is 0 Å². The van der Waals surface area contributed by atoms with E-state index in [4.69, 9.17) is 23.2 Å². The maximum absolute atomic E-state index is 6.84. The Labute approximate surface area is 372 Å². The molecule has 65 heavy (non-hydrogen) atoms. The van der Waals surface area contributed by atoms with Gasteiger partial charge in [0.1, 0.15) is 39.1 Å². The van der Waals surface area contributed by atoms with Gasteiger partial charge in [0.05, 0.1) is 11.0 Å². The number of hydrogen-bond acceptors (Lipinski definition) is 5. The van der Waals surface area contributed by atoms with E-state index in [1.54, 1.807) is 0 Å². The highest BCUT2D eigenvalue weighted by atomic mass is 16.3. The van der Waals surface area contributed by atoms with Crippen LogP contribution < -0.4 is 0 Å². The lowest BCUT2D eigenvalue weighted by Gasteiger charge is -2.12. The van der Waals surface area contributed by atoms with E-state index < -0.39 is 0 Å². The van der Waals surface area contributed by atoms with Crippen molar-refractivity contribution >= 4 is 93.3 Å². The number of aromatic nitrogens is 3. The summed E-state index contributed by atoms with van der Waals surface area (Å²) in [7, 11) is 0. The summed E-state index contributed by atoms with van der Waals surface area (Å²) in [4.78, 5) is 10.8. The number of nitrogens with zero attached hydrogens (tertiary/aromatic N) is 3. The maximum Gasteiger partial charge on any atom is 0.180 e. The van der Waals surface area contributed by atoms with Crippen LogP contribution >= 0.6 is 0 Å². The highest BCUT2D eigenvalue weighted by Gasteiger charge is 2.24. The fraction of sp³-hybridized carbons (Fsp3) is 0.0508. The van der Waals surface area contributed by atoms with Gasteiger partial charge < -0.3 is 17.8 Å². The first-order valence-corrected chi connectivity index (χ1v) is 22.2. The van der Waals surface area contributed by atoms with Gasteiger partial charge in [0.15, 0.2) is 11.4 Å². The monoisotopic (exact) mass is 835 g/mol. The van der Waals surface area contributed by atoms with Crippen LogP contribution in [0.15, 0.2) is 201 Å². The van der Waals surface area contributed by atoms with E-state index in [9.17, 15) is 0 Å². The minimum Gasteiger partial charge on any atom is -0.456 e. The summed E-state index contributed by atoms with van der Waals surface area (Å²) in [5, 5.41) is 7.41. The van der Waals surface area contributed by atoms with E-state index >= 15 is 0 Å². The predicted octanol–water partition coefficient (Wildman–Crippen LogP) is 16.3. The molecule has 1 unspecified atom stereocenters. The molecule has 306 valence electrons. The first-order valence-electron chi connectivity index (χ1n) is 22.2. The molecular formula is C59H37N3O3. The third kappa shape index (κ3) is 5.53. The molecule has 1 aliphatic carbocycles. The molecule has 0 radical (unpaired) electrons. The van der Waals surface area contributed by atoms with E-state index in [1.165, 1.54) is 27.4 Å². The van der Waals surface area contributed by atoms with Crippen LogP contribution in [0.5, 0.6) is 0 Å². The number of rotatable bonds is 5. The molecule has 13 aromatic rings. The molecule has 0 saturated heterocycles. The zero-order chi connectivity index (χ0) is 42.8. The predicted molar refractivity (Wildman–Crippen MR) is 265 cm³/mol. The number of para-hydroxylation sites is 3. The lowest BCUT2D eigenvalue weighted by Crippen LogP contribution is -1.95. The summed E-state index contributed by atoms with van der Waals surface area (Å²) in [6.07, 6.45) is 7.87. The smallest absolute Gasteiger partial charge is 0.180 e. The quantitative estimate of drug-likeness (QED) is 0.173. The molecular weight excluding hydrogens is 799 g/mol. The van der Waals surface area contributed by atoms with Crippen molar-refractivity contribution < 1.29 is 13.3 Å². The first-order chi connectivity index (χ1) is 32.1. The summed E-state index contributed by atoms with van der Waals surface area (Å²) in [6, 6.07) is 59.6. The highest BCUT2D eigenvalue weighted by Crippen LogP contribution is 2.44. The van der Waals surface area contributed by atoms with Crippen LogP contribution in [-0.2, 0) is 0 Å². The zero-order valence-electron chi connectivity index (χ0n) is 35.2. The van der Waals surface area contributed by atoms with Crippen LogP contribution in [0.4, 0.5) is 0 Å². The molecule has 6 nitrogen and oxygen atoms in total. The number of allylic oxidation sites excluding steroid dienone is 4. The van der Waals surface area contributed by atoms with Gasteiger partial charge in [0.2, 0.25) is 0 Å². The lowest BCUT2D eigenvalue weighted by molar-refractivity contribution is 0.666. The molecule has 14 rings (SSSR count). The van der Waals surface area contributed by atoms with Crippen molar-refractivity contribution in [3.8, 4) is 39.5 Å². The van der Waals surface area contributed by atoms with Gasteiger partial charge in [-0.15, -0.1) is 0 Å². The van der Waals surface area contributed by atoms with E-state index in [0.29, 0.717) is 23.0 Å². The maximum atomic E-state index is 6.84. The summed E-state index contributed by atoms with van der Waals surface area (Å²) < 4.78 is 22.1. The van der Waals surface area contributed by atoms with Crippen LogP contribution in [-0.4, -0.2) is 14.5 Å². The fourth-order valence-electron chi connectivity index (χ4n) is 10.2. The second-order valence-electron chi connectivity index (χ2n) is 17.3. The molecule has 0 spiro atoms. The summed E-state index contributed by atoms with van der Waals surface area (Å²) >= 11 is 0. The van der Waals surface area contributed by atoms with Crippen molar-refractivity contribution in [3.05, 3.63) is 194 Å². The Morgan fingerprint density at radius 2 is 1.14 bits per heavy atom. The van der Waals surface area contributed by atoms with Crippen LogP contribution in [0.2, 0.25) is 0 Å². The fourth-order valence-corrected chi connectivity index (χ4v) is 10.2. The summed E-state index contributed by atoms with van der Waals surface area (Å²) in [5.74, 6) is 1.07. The van der Waals surface area contributed by atoms with Crippen molar-refractivity contribution in [1.82, 2.24) is 14.5 Å². The minimum absolute atomic E-state index is 0.469. The molecule has 5 heterocycles. The SMILES string of the molecule is CC1C=C(c2ccc3oc4c(-c5cccc6oc7ccc(-c8ccc9c(c8)c8ccccc8n9-c8ccccc8)cc7c56)nc(-c5ccc6oc7ccccc7c6c5)nc4c3c2)C=CC1. The molecule has 0 saturated carbocycles. The van der Waals surface area contributed by atoms with Crippen LogP contribution in [0, 0.1) is 5.92 Å². The molecule has 1 atom stereocenters. The van der Waals surface area contributed by atoms with E-state index in [1.807, 2.05) is 36.4 Å². The number of fused-ring (bicyclic) bond motifs is 12. The third-order valence-corrected chi connectivity index (χ3v) is 13.3. The molecule has 6 heteroatoms. The molecule has 0 amide bonds. The van der Waals surface area contributed by atoms with Gasteiger partial charge in [-0.05, 0) is 120 Å². The highest BCUT2D eigenvalue weighted by molar-refractivity contribution is 6.17. The molecule has 1 aliphatic rings. The zero-order valence-corrected chi connectivity index (χ0v) is 35.2. The Hall–Kier alpha value is -8.48. The molecule has 0 N–H and O–H groups in total. The number of hydrogen-bond donors (Lipinski definition) is 0. The normalized spacial score (nSPS) is 14.4. The minimum atomic E-state index is 0.469. The first kappa shape index (κ1) is 36.0. The van der Waals surface area contributed by atoms with Gasteiger partial charge in [-0.2, -0.15) is 0 Å². The van der Waals surface area contributed by atoms with E-state index in [2.05, 4.69) is 163 Å². The Kier molecular flexibility index (Phi) is 7.63. The topological polar surface area (TPSA) is 70.1 Å². The summed E-state index contributed by atoms with van der Waals surface area (Å²) in [6.45, 7) is 2.26. The van der Waals surface area contributed by atoms with Gasteiger partial charge >= 0.3 is 0 Å². The molecule has 0 aliphatic heterocycles. The van der Waals surface area contributed by atoms with Gasteiger partial charge in [-0.3, -0.25) is 0 Å². The average Bonchev–Trinajstić information content (AvgIpc) is 4.12. The Morgan fingerprint density at radius 3 is 2.02 bits per heavy atom. The second kappa shape index (κ2) is 13.8. The molecule has 0 fully saturated rings. The van der Waals surface area contributed by atoms with Crippen molar-refractivity contribution in [1.29, 1.82) is 0 Å². The van der Waals surface area contributed by atoms with Crippen LogP contribution in [0.3, 0.4) is 0 Å². The van der Waals surface area contributed by atoms with Crippen LogP contribution in [0.1, 0.15) is 18.9 Å². The van der Waals surface area contributed by atoms with Gasteiger partial charge in [-0.1, -0.05) is 110 Å². The summed E-state index contributed by atoms with van der Waals surface area (Å²) in [5.41, 5.74) is 16.0. The van der Waals surface area contributed by atoms with Crippen molar-refractivity contribution in [2.24, 2.45) is 5.92 Å². The van der Waals surface area contributed by atoms with Gasteiger partial charge in [-0.25, -0.2) is 9.97 Å². The standard InChI is InChI=1S/C59H37N3O3/c1-34-11-9-12-35(29-34)38-23-27-53-47(32-38)57-58(65-53)56(60-59(61-57)39-24-28-51-45(33-39)42-16-6-8-19-50(42)63-51)43-17-10-20-54-55(43)46-31-37(22-26-52(46)64-54)36-21-25-49-44(30-36)41-15-5-7-18-48(41)62(49)40-13-3-2-4-14-40/h2-10,12-34H,11H2,1H3. The number of benzene rings is 8. The second-order valence-corrected chi connectivity index (χ2v) is 17.3. The largest absolute Gasteiger partial charge is 0.456 e. The lowest BCUT2D eigenvalue weighted by atomic mass is 9.93. The van der Waals surface area contributed by atoms with E-state index in [-0.39, 0.29) is 0 Å².